The van der Waals surface area contributed by atoms with Crippen LogP contribution in [0.25, 0.3) is 11.0 Å². The Bertz CT molecular complexity index is 1630. The van der Waals surface area contributed by atoms with Crippen molar-refractivity contribution in [1.82, 2.24) is 0 Å². The summed E-state index contributed by atoms with van der Waals surface area (Å²) in [6.07, 6.45) is 0. The number of hydrogen-bond acceptors (Lipinski definition) is 8. The molecule has 8 nitrogen and oxygen atoms in total. The number of para-hydroxylation sites is 1. The third kappa shape index (κ3) is 4.15. The second kappa shape index (κ2) is 9.56. The molecule has 1 aromatic heterocycles. The predicted molar refractivity (Wildman–Crippen MR) is 139 cm³/mol. The van der Waals surface area contributed by atoms with Crippen LogP contribution in [-0.4, -0.2) is 20.2 Å². The van der Waals surface area contributed by atoms with Crippen LogP contribution in [0.2, 0.25) is 0 Å². The number of esters is 1. The highest BCUT2D eigenvalue weighted by Gasteiger charge is 2.34. The van der Waals surface area contributed by atoms with Gasteiger partial charge in [0, 0.05) is 32.6 Å². The number of halogens is 1. The summed E-state index contributed by atoms with van der Waals surface area (Å²) < 4.78 is 29.1. The summed E-state index contributed by atoms with van der Waals surface area (Å²) in [5.41, 5.74) is 8.97. The Morgan fingerprint density at radius 3 is 2.62 bits per heavy atom. The van der Waals surface area contributed by atoms with Gasteiger partial charge in [0.2, 0.25) is 11.6 Å². The van der Waals surface area contributed by atoms with Crippen LogP contribution in [0.1, 0.15) is 33.2 Å². The van der Waals surface area contributed by atoms with Gasteiger partial charge < -0.3 is 29.1 Å². The number of carbonyl (C=O) groups is 1. The van der Waals surface area contributed by atoms with Gasteiger partial charge in [-0.15, -0.1) is 0 Å². The van der Waals surface area contributed by atoms with E-state index in [0.717, 1.165) is 9.86 Å². The van der Waals surface area contributed by atoms with Gasteiger partial charge in [0.1, 0.15) is 28.7 Å². The van der Waals surface area contributed by atoms with Crippen molar-refractivity contribution < 1.29 is 28.2 Å². The Balaban J connectivity index is 1.53. The van der Waals surface area contributed by atoms with Crippen LogP contribution in [-0.2, 0) is 0 Å². The highest BCUT2D eigenvalue weighted by molar-refractivity contribution is 9.10. The van der Waals surface area contributed by atoms with Crippen molar-refractivity contribution in [3.8, 4) is 29.1 Å². The van der Waals surface area contributed by atoms with Crippen molar-refractivity contribution in [1.29, 1.82) is 5.26 Å². The number of furan rings is 1. The van der Waals surface area contributed by atoms with Crippen LogP contribution in [0.3, 0.4) is 0 Å². The minimum absolute atomic E-state index is 0.0490. The second-order valence-corrected chi connectivity index (χ2v) is 9.21. The first kappa shape index (κ1) is 24.3. The molecule has 186 valence electrons. The van der Waals surface area contributed by atoms with Crippen molar-refractivity contribution in [2.45, 2.75) is 12.8 Å². The summed E-state index contributed by atoms with van der Waals surface area (Å²) in [6, 6.07) is 18.0. The number of methoxy groups -OCH3 is 2. The number of nitrogens with two attached hydrogens (primary N) is 1. The fourth-order valence-corrected chi connectivity index (χ4v) is 4.86. The van der Waals surface area contributed by atoms with E-state index in [1.165, 1.54) is 14.2 Å². The maximum Gasteiger partial charge on any atom is 0.379 e. The molecule has 1 aliphatic rings. The fraction of sp³-hybridized carbons (Fsp3) is 0.143. The lowest BCUT2D eigenvalue weighted by Crippen LogP contribution is -2.21. The minimum atomic E-state index is -0.646. The van der Waals surface area contributed by atoms with Gasteiger partial charge in [-0.05, 0) is 37.3 Å². The van der Waals surface area contributed by atoms with Gasteiger partial charge in [0.05, 0.1) is 20.1 Å². The van der Waals surface area contributed by atoms with E-state index >= 15 is 0 Å². The van der Waals surface area contributed by atoms with Crippen LogP contribution in [0, 0.1) is 18.3 Å². The highest BCUT2D eigenvalue weighted by atomic mass is 79.9. The minimum Gasteiger partial charge on any atom is -0.493 e. The Morgan fingerprint density at radius 2 is 1.89 bits per heavy atom. The number of aryl methyl sites for hydroxylation is 1. The SMILES string of the molecule is COc1cccc(C2C(C#N)=C(N)Oc3cc(OC(=O)c4oc5ccc(Br)cc5c4C)ccc32)c1OC. The third-order valence-electron chi connectivity index (χ3n) is 6.23. The molecule has 1 aliphatic heterocycles. The average Bonchev–Trinajstić information content (AvgIpc) is 3.22. The first-order valence-electron chi connectivity index (χ1n) is 11.2. The van der Waals surface area contributed by atoms with Crippen molar-refractivity contribution in [3.05, 3.63) is 93.0 Å². The zero-order valence-electron chi connectivity index (χ0n) is 20.1. The standard InChI is InChI=1S/C28H21BrN2O6/c1-14-19-11-15(29)7-10-21(19)36-25(14)28(32)35-16-8-9-17-23(12-16)37-27(31)20(13-30)24(17)18-5-4-6-22(33-2)26(18)34-3/h4-12,24H,31H2,1-3H3. The first-order valence-corrected chi connectivity index (χ1v) is 12.0. The van der Waals surface area contributed by atoms with E-state index in [2.05, 4.69) is 22.0 Å². The molecular weight excluding hydrogens is 540 g/mol. The molecule has 1 atom stereocenters. The Morgan fingerprint density at radius 1 is 1.08 bits per heavy atom. The molecule has 9 heteroatoms. The zero-order valence-corrected chi connectivity index (χ0v) is 21.7. The number of allylic oxidation sites excluding steroid dienone is 1. The van der Waals surface area contributed by atoms with E-state index in [9.17, 15) is 10.1 Å². The molecule has 3 aromatic carbocycles. The molecule has 4 aromatic rings. The predicted octanol–water partition coefficient (Wildman–Crippen LogP) is 5.96. The smallest absolute Gasteiger partial charge is 0.379 e. The molecule has 0 aliphatic carbocycles. The van der Waals surface area contributed by atoms with E-state index < -0.39 is 11.9 Å². The van der Waals surface area contributed by atoms with Gasteiger partial charge in [-0.2, -0.15) is 5.26 Å². The monoisotopic (exact) mass is 560 g/mol. The Hall–Kier alpha value is -4.42. The summed E-state index contributed by atoms with van der Waals surface area (Å²) in [5, 5.41) is 10.7. The number of carbonyl (C=O) groups excluding carboxylic acids is 1. The molecule has 0 spiro atoms. The van der Waals surface area contributed by atoms with Gasteiger partial charge in [0.15, 0.2) is 11.5 Å². The molecule has 2 N–H and O–H groups in total. The Kier molecular flexibility index (Phi) is 6.27. The number of rotatable bonds is 5. The van der Waals surface area contributed by atoms with Crippen LogP contribution >= 0.6 is 15.9 Å². The molecule has 2 heterocycles. The zero-order chi connectivity index (χ0) is 26.3. The normalized spacial score (nSPS) is 14.5. The second-order valence-electron chi connectivity index (χ2n) is 8.29. The number of nitrogens with zero attached hydrogens (tertiary/aromatic N) is 1. The van der Waals surface area contributed by atoms with E-state index in [1.807, 2.05) is 18.2 Å². The quantitative estimate of drug-likeness (QED) is 0.235. The molecule has 0 amide bonds. The summed E-state index contributed by atoms with van der Waals surface area (Å²) in [4.78, 5) is 13.0. The van der Waals surface area contributed by atoms with Crippen LogP contribution in [0.5, 0.6) is 23.0 Å². The number of hydrogen-bond donors (Lipinski definition) is 1. The number of nitriles is 1. The van der Waals surface area contributed by atoms with Gasteiger partial charge in [0.25, 0.3) is 0 Å². The number of fused-ring (bicyclic) bond motifs is 2. The van der Waals surface area contributed by atoms with Crippen molar-refractivity contribution in [2.75, 3.05) is 14.2 Å². The average molecular weight is 561 g/mol. The molecule has 1 unspecified atom stereocenters. The van der Waals surface area contributed by atoms with Crippen molar-refractivity contribution in [2.24, 2.45) is 5.73 Å². The maximum atomic E-state index is 13.0. The van der Waals surface area contributed by atoms with E-state index in [-0.39, 0.29) is 23.0 Å². The fourth-order valence-electron chi connectivity index (χ4n) is 4.50. The lowest BCUT2D eigenvalue weighted by atomic mass is 9.83. The summed E-state index contributed by atoms with van der Waals surface area (Å²) in [6.45, 7) is 1.80. The first-order chi connectivity index (χ1) is 17.9. The topological polar surface area (TPSA) is 117 Å². The van der Waals surface area contributed by atoms with Crippen LogP contribution in [0.15, 0.2) is 74.9 Å². The van der Waals surface area contributed by atoms with E-state index in [1.54, 1.807) is 43.3 Å². The number of ether oxygens (including phenoxy) is 4. The molecule has 5 rings (SSSR count). The lowest BCUT2D eigenvalue weighted by molar-refractivity contribution is 0.0702. The maximum absolute atomic E-state index is 13.0. The molecular formula is C28H21BrN2O6. The highest BCUT2D eigenvalue weighted by Crippen LogP contribution is 2.48. The molecule has 0 saturated carbocycles. The molecule has 0 fully saturated rings. The van der Waals surface area contributed by atoms with E-state index in [4.69, 9.17) is 29.1 Å². The van der Waals surface area contributed by atoms with Gasteiger partial charge in [-0.3, -0.25) is 0 Å². The van der Waals surface area contributed by atoms with Gasteiger partial charge >= 0.3 is 5.97 Å². The third-order valence-corrected chi connectivity index (χ3v) is 6.72. The molecule has 0 saturated heterocycles. The molecule has 0 radical (unpaired) electrons. The molecule has 37 heavy (non-hydrogen) atoms. The number of benzene rings is 3. The van der Waals surface area contributed by atoms with Crippen LogP contribution in [0.4, 0.5) is 0 Å². The van der Waals surface area contributed by atoms with Crippen molar-refractivity contribution in [3.63, 3.8) is 0 Å². The summed E-state index contributed by atoms with van der Waals surface area (Å²) in [7, 11) is 3.07. The lowest BCUT2D eigenvalue weighted by Gasteiger charge is -2.28. The van der Waals surface area contributed by atoms with E-state index in [0.29, 0.717) is 39.5 Å². The summed E-state index contributed by atoms with van der Waals surface area (Å²) >= 11 is 3.43. The largest absolute Gasteiger partial charge is 0.493 e. The van der Waals surface area contributed by atoms with Crippen LogP contribution < -0.4 is 24.7 Å². The molecule has 0 bridgehead atoms. The summed E-state index contributed by atoms with van der Waals surface area (Å²) in [5.74, 6) is 0.404. The Labute approximate surface area is 220 Å². The van der Waals surface area contributed by atoms with Gasteiger partial charge in [-0.25, -0.2) is 4.79 Å². The van der Waals surface area contributed by atoms with Crippen molar-refractivity contribution >= 4 is 32.9 Å². The van der Waals surface area contributed by atoms with Gasteiger partial charge in [-0.1, -0.05) is 34.1 Å².